The van der Waals surface area contributed by atoms with Gasteiger partial charge in [-0.2, -0.15) is 4.31 Å². The summed E-state index contributed by atoms with van der Waals surface area (Å²) in [6.07, 6.45) is 13.6. The number of carbonyl (C=O) groups excluding carboxylic acids is 1. The lowest BCUT2D eigenvalue weighted by molar-refractivity contribution is -0.183. The molecule has 0 spiro atoms. The van der Waals surface area contributed by atoms with E-state index < -0.39 is 27.1 Å². The predicted octanol–water partition coefficient (Wildman–Crippen LogP) is 4.76. The van der Waals surface area contributed by atoms with Crippen molar-refractivity contribution in [2.75, 3.05) is 13.6 Å². The van der Waals surface area contributed by atoms with Gasteiger partial charge in [-0.15, -0.1) is 0 Å². The van der Waals surface area contributed by atoms with Crippen LogP contribution in [0.4, 0.5) is 0 Å². The number of aliphatic hydroxyl groups is 1. The largest absolute Gasteiger partial charge is 0.472 e. The number of hydrogen-bond acceptors (Lipinski definition) is 5. The van der Waals surface area contributed by atoms with Crippen LogP contribution in [0.2, 0.25) is 0 Å². The Morgan fingerprint density at radius 3 is 2.71 bits per heavy atom. The molecule has 38 heavy (non-hydrogen) atoms. The number of nitrogens with zero attached hydrogens (tertiary/aromatic N) is 2. The van der Waals surface area contributed by atoms with Crippen molar-refractivity contribution in [1.82, 2.24) is 9.21 Å². The molecular formula is C30H36N2O5S. The lowest BCUT2D eigenvalue weighted by atomic mass is 9.47. The molecule has 2 fully saturated rings. The summed E-state index contributed by atoms with van der Waals surface area (Å²) in [5, 5.41) is 12.6. The van der Waals surface area contributed by atoms with Crippen molar-refractivity contribution in [2.45, 2.75) is 80.4 Å². The fourth-order valence-electron chi connectivity index (χ4n) is 7.80. The monoisotopic (exact) mass is 536 g/mol. The number of amides is 1. The first-order chi connectivity index (χ1) is 18.3. The summed E-state index contributed by atoms with van der Waals surface area (Å²) in [6, 6.07) is 9.89. The molecule has 1 saturated carbocycles. The quantitative estimate of drug-likeness (QED) is 0.440. The summed E-state index contributed by atoms with van der Waals surface area (Å²) in [5.41, 5.74) is 1.89. The van der Waals surface area contributed by atoms with E-state index in [2.05, 4.69) is 0 Å². The molecule has 1 N–H and O–H groups in total. The van der Waals surface area contributed by atoms with Crippen LogP contribution in [0.3, 0.4) is 0 Å². The van der Waals surface area contributed by atoms with Gasteiger partial charge in [0.15, 0.2) is 0 Å². The van der Waals surface area contributed by atoms with Gasteiger partial charge in [0, 0.05) is 36.7 Å². The number of sulfonamides is 1. The lowest BCUT2D eigenvalue weighted by Crippen LogP contribution is -2.72. The van der Waals surface area contributed by atoms with Gasteiger partial charge in [-0.05, 0) is 82.1 Å². The molecule has 1 aliphatic heterocycles. The van der Waals surface area contributed by atoms with Crippen molar-refractivity contribution >= 4 is 22.0 Å². The summed E-state index contributed by atoms with van der Waals surface area (Å²) in [4.78, 5) is 15.2. The maximum Gasteiger partial charge on any atom is 0.246 e. The second kappa shape index (κ2) is 9.50. The second-order valence-corrected chi connectivity index (χ2v) is 13.3. The van der Waals surface area contributed by atoms with Gasteiger partial charge in [0.2, 0.25) is 15.9 Å². The van der Waals surface area contributed by atoms with Crippen molar-refractivity contribution in [1.29, 1.82) is 0 Å². The SMILES string of the molecule is CN(C(=O)/C=C/c1ccoc1)[C@@H]1CC[C@@]2(O)[C@H]3CC4=C(CCCC4)[C@@]2(CCN3S(=O)(=O)c2ccccc2)C1. The minimum atomic E-state index is -3.75. The fourth-order valence-corrected chi connectivity index (χ4v) is 9.48. The van der Waals surface area contributed by atoms with E-state index in [0.717, 1.165) is 31.2 Å². The Kier molecular flexibility index (Phi) is 6.40. The highest BCUT2D eigenvalue weighted by atomic mass is 32.2. The molecule has 2 aromatic rings. The van der Waals surface area contributed by atoms with Crippen LogP contribution < -0.4 is 0 Å². The molecule has 0 unspecified atom stereocenters. The Labute approximate surface area is 224 Å². The van der Waals surface area contributed by atoms with Crippen LogP contribution in [0.15, 0.2) is 75.5 Å². The number of rotatable bonds is 5. The molecule has 1 aromatic heterocycles. The molecule has 4 atom stereocenters. The second-order valence-electron chi connectivity index (χ2n) is 11.4. The van der Waals surface area contributed by atoms with Gasteiger partial charge < -0.3 is 14.4 Å². The molecule has 2 bridgehead atoms. The van der Waals surface area contributed by atoms with Crippen LogP contribution in [0.5, 0.6) is 0 Å². The average molecular weight is 537 g/mol. The van der Waals surface area contributed by atoms with Crippen LogP contribution in [0, 0.1) is 5.41 Å². The van der Waals surface area contributed by atoms with Crippen LogP contribution in [-0.4, -0.2) is 59.9 Å². The summed E-state index contributed by atoms with van der Waals surface area (Å²) in [5.74, 6) is -0.0765. The summed E-state index contributed by atoms with van der Waals surface area (Å²) in [6.45, 7) is 0.381. The Morgan fingerprint density at radius 2 is 1.95 bits per heavy atom. The maximum atomic E-state index is 13.8. The van der Waals surface area contributed by atoms with Gasteiger partial charge in [-0.3, -0.25) is 4.79 Å². The minimum absolute atomic E-state index is 0.0246. The molecule has 6 rings (SSSR count). The molecule has 1 amide bonds. The van der Waals surface area contributed by atoms with E-state index in [4.69, 9.17) is 4.42 Å². The number of furan rings is 1. The van der Waals surface area contributed by atoms with E-state index in [1.54, 1.807) is 59.3 Å². The smallest absolute Gasteiger partial charge is 0.246 e. The van der Waals surface area contributed by atoms with Crippen LogP contribution in [-0.2, 0) is 14.8 Å². The van der Waals surface area contributed by atoms with E-state index in [0.29, 0.717) is 38.6 Å². The number of likely N-dealkylation sites (N-methyl/N-ethyl adjacent to an activating group) is 1. The standard InChI is InChI=1S/C30H36N2O5S/c1-31(28(33)12-11-22-14-18-37-21-22)24-13-15-30(34)27-19-23-7-5-6-10-26(23)29(30,20-24)16-17-32(27)38(35,36)25-8-3-2-4-9-25/h2-4,8-9,11-12,14,18,21,24,27,34H,5-7,10,13,15-17,19-20H2,1H3/b12-11+/t24-,27-,29-,30-/m1/s1. The van der Waals surface area contributed by atoms with Crippen molar-refractivity contribution < 1.29 is 22.7 Å². The number of benzene rings is 1. The molecule has 1 saturated heterocycles. The third-order valence-corrected chi connectivity index (χ3v) is 11.7. The van der Waals surface area contributed by atoms with Crippen LogP contribution in [0.1, 0.15) is 63.4 Å². The Bertz CT molecular complexity index is 1370. The van der Waals surface area contributed by atoms with Crippen molar-refractivity contribution in [3.63, 3.8) is 0 Å². The molecule has 7 nitrogen and oxygen atoms in total. The molecule has 0 radical (unpaired) electrons. The molecule has 202 valence electrons. The third kappa shape index (κ3) is 3.91. The fraction of sp³-hybridized carbons (Fsp3) is 0.500. The third-order valence-electron chi connectivity index (χ3n) is 9.74. The zero-order valence-corrected chi connectivity index (χ0v) is 22.7. The molecule has 1 aromatic carbocycles. The van der Waals surface area contributed by atoms with Gasteiger partial charge in [-0.25, -0.2) is 8.42 Å². The zero-order valence-electron chi connectivity index (χ0n) is 21.9. The van der Waals surface area contributed by atoms with Gasteiger partial charge >= 0.3 is 0 Å². The van der Waals surface area contributed by atoms with E-state index in [1.165, 1.54) is 11.1 Å². The molecule has 3 aliphatic carbocycles. The van der Waals surface area contributed by atoms with Gasteiger partial charge in [-0.1, -0.05) is 29.3 Å². The number of carbonyl (C=O) groups is 1. The number of hydrogen-bond donors (Lipinski definition) is 1. The van der Waals surface area contributed by atoms with Crippen molar-refractivity contribution in [2.24, 2.45) is 5.41 Å². The highest BCUT2D eigenvalue weighted by Crippen LogP contribution is 2.64. The molecule has 8 heteroatoms. The Balaban J connectivity index is 1.34. The molecule has 4 aliphatic rings. The predicted molar refractivity (Wildman–Crippen MR) is 144 cm³/mol. The first kappa shape index (κ1) is 25.6. The highest BCUT2D eigenvalue weighted by Gasteiger charge is 2.67. The maximum absolute atomic E-state index is 13.8. The number of piperidine rings is 1. The Hall–Kier alpha value is -2.68. The van der Waals surface area contributed by atoms with Crippen LogP contribution >= 0.6 is 0 Å². The average Bonchev–Trinajstić information content (AvgIpc) is 3.45. The van der Waals surface area contributed by atoms with Crippen molar-refractivity contribution in [3.05, 3.63) is 71.7 Å². The summed E-state index contributed by atoms with van der Waals surface area (Å²) in [7, 11) is -1.90. The van der Waals surface area contributed by atoms with E-state index in [9.17, 15) is 18.3 Å². The topological polar surface area (TPSA) is 91.1 Å². The van der Waals surface area contributed by atoms with E-state index >= 15 is 0 Å². The summed E-state index contributed by atoms with van der Waals surface area (Å²) < 4.78 is 34.3. The molecule has 2 heterocycles. The van der Waals surface area contributed by atoms with Crippen LogP contribution in [0.25, 0.3) is 6.08 Å². The van der Waals surface area contributed by atoms with Gasteiger partial charge in [0.25, 0.3) is 0 Å². The van der Waals surface area contributed by atoms with Gasteiger partial charge in [0.05, 0.1) is 29.1 Å². The van der Waals surface area contributed by atoms with E-state index in [-0.39, 0.29) is 16.8 Å². The molecular weight excluding hydrogens is 500 g/mol. The van der Waals surface area contributed by atoms with E-state index in [1.807, 2.05) is 18.0 Å². The van der Waals surface area contributed by atoms with Crippen molar-refractivity contribution in [3.8, 4) is 0 Å². The first-order valence-electron chi connectivity index (χ1n) is 13.7. The first-order valence-corrected chi connectivity index (χ1v) is 15.2. The minimum Gasteiger partial charge on any atom is -0.472 e. The lowest BCUT2D eigenvalue weighted by Gasteiger charge is -2.65. The zero-order chi connectivity index (χ0) is 26.5. The normalized spacial score (nSPS) is 31.6. The highest BCUT2D eigenvalue weighted by molar-refractivity contribution is 7.89. The summed E-state index contributed by atoms with van der Waals surface area (Å²) >= 11 is 0. The Morgan fingerprint density at radius 1 is 1.16 bits per heavy atom. The van der Waals surface area contributed by atoms with Gasteiger partial charge in [0.1, 0.15) is 0 Å².